The number of piperidine rings is 1. The number of sulfonamides is 1. The number of nitrogens with zero attached hydrogens (tertiary/aromatic N) is 1. The molecule has 1 atom stereocenters. The molecule has 1 unspecified atom stereocenters. The molecular weight excluding hydrogens is 466 g/mol. The molecule has 3 rings (SSSR count). The fourth-order valence-corrected chi connectivity index (χ4v) is 4.37. The van der Waals surface area contributed by atoms with Crippen LogP contribution in [0, 0.1) is 11.7 Å². The van der Waals surface area contributed by atoms with Gasteiger partial charge < -0.3 is 10.6 Å². The Morgan fingerprint density at radius 2 is 1.73 bits per heavy atom. The largest absolute Gasteiger partial charge is 0.418 e. The molecular formula is C21H21F4N3O4S. The van der Waals surface area contributed by atoms with Gasteiger partial charge in [-0.05, 0) is 55.3 Å². The van der Waals surface area contributed by atoms with E-state index in [9.17, 15) is 35.6 Å². The number of anilines is 2. The molecule has 7 nitrogen and oxygen atoms in total. The summed E-state index contributed by atoms with van der Waals surface area (Å²) in [5.41, 5.74) is -1.81. The van der Waals surface area contributed by atoms with E-state index in [1.165, 1.54) is 18.2 Å². The van der Waals surface area contributed by atoms with Crippen molar-refractivity contribution in [1.82, 2.24) is 4.31 Å². The summed E-state index contributed by atoms with van der Waals surface area (Å²) in [6.07, 6.45) is -3.09. The number of alkyl halides is 3. The van der Waals surface area contributed by atoms with Crippen molar-refractivity contribution < 1.29 is 35.6 Å². The number of rotatable bonds is 5. The van der Waals surface area contributed by atoms with Crippen LogP contribution in [0.3, 0.4) is 0 Å². The van der Waals surface area contributed by atoms with Crippen molar-refractivity contribution in [3.05, 3.63) is 59.4 Å². The number of halogens is 4. The first kappa shape index (κ1) is 24.6. The Balaban J connectivity index is 1.79. The van der Waals surface area contributed by atoms with Gasteiger partial charge in [-0.3, -0.25) is 9.59 Å². The second-order valence-corrected chi connectivity index (χ2v) is 9.65. The van der Waals surface area contributed by atoms with Crippen molar-refractivity contribution in [2.45, 2.75) is 19.0 Å². The molecule has 2 N–H and O–H groups in total. The third-order valence-corrected chi connectivity index (χ3v) is 6.44. The van der Waals surface area contributed by atoms with Gasteiger partial charge in [0.1, 0.15) is 5.82 Å². The molecule has 0 saturated carbocycles. The van der Waals surface area contributed by atoms with E-state index in [0.717, 1.165) is 28.8 Å². The van der Waals surface area contributed by atoms with Gasteiger partial charge in [-0.15, -0.1) is 0 Å². The topological polar surface area (TPSA) is 95.6 Å². The number of hydrogen-bond acceptors (Lipinski definition) is 4. The summed E-state index contributed by atoms with van der Waals surface area (Å²) < 4.78 is 78.5. The summed E-state index contributed by atoms with van der Waals surface area (Å²) >= 11 is 0. The smallest absolute Gasteiger partial charge is 0.325 e. The van der Waals surface area contributed by atoms with Gasteiger partial charge >= 0.3 is 6.18 Å². The maximum Gasteiger partial charge on any atom is 0.418 e. The minimum absolute atomic E-state index is 0.0510. The van der Waals surface area contributed by atoms with E-state index in [-0.39, 0.29) is 24.3 Å². The Morgan fingerprint density at radius 1 is 1.06 bits per heavy atom. The van der Waals surface area contributed by atoms with Gasteiger partial charge in [0.15, 0.2) is 0 Å². The lowest BCUT2D eigenvalue weighted by Crippen LogP contribution is -2.43. The van der Waals surface area contributed by atoms with E-state index >= 15 is 0 Å². The Morgan fingerprint density at radius 3 is 2.33 bits per heavy atom. The monoisotopic (exact) mass is 487 g/mol. The van der Waals surface area contributed by atoms with Gasteiger partial charge in [0.05, 0.1) is 23.4 Å². The normalized spacial score (nSPS) is 17.4. The molecule has 178 valence electrons. The molecule has 1 heterocycles. The fraction of sp³-hybridized carbons (Fsp3) is 0.333. The molecule has 0 radical (unpaired) electrons. The Labute approximate surface area is 187 Å². The second kappa shape index (κ2) is 9.48. The summed E-state index contributed by atoms with van der Waals surface area (Å²) in [5.74, 6) is -2.82. The molecule has 12 heteroatoms. The summed E-state index contributed by atoms with van der Waals surface area (Å²) in [7, 11) is -3.53. The highest BCUT2D eigenvalue weighted by Crippen LogP contribution is 2.37. The summed E-state index contributed by atoms with van der Waals surface area (Å²) in [6, 6.07) is 7.35. The van der Waals surface area contributed by atoms with Crippen LogP contribution in [0.5, 0.6) is 0 Å². The molecule has 0 aromatic heterocycles. The number of benzene rings is 2. The predicted octanol–water partition coefficient (Wildman–Crippen LogP) is 3.71. The van der Waals surface area contributed by atoms with Crippen LogP contribution in [0.1, 0.15) is 28.8 Å². The SMILES string of the molecule is CS(=O)(=O)N1CCCC(C(=O)Nc2ccc(NC(=O)c3ccc(F)cc3)cc2C(F)(F)F)C1. The van der Waals surface area contributed by atoms with Crippen molar-refractivity contribution >= 4 is 33.2 Å². The molecule has 0 bridgehead atoms. The average Bonchev–Trinajstić information content (AvgIpc) is 2.74. The van der Waals surface area contributed by atoms with Crippen molar-refractivity contribution in [1.29, 1.82) is 0 Å². The highest BCUT2D eigenvalue weighted by molar-refractivity contribution is 7.88. The standard InChI is InChI=1S/C21H21F4N3O4S/c1-33(31,32)28-10-2-3-14(12-28)20(30)27-18-9-8-16(11-17(18)21(23,24)25)26-19(29)13-4-6-15(22)7-5-13/h4-9,11,14H,2-3,10,12H2,1H3,(H,26,29)(H,27,30). The van der Waals surface area contributed by atoms with Crippen LogP contribution < -0.4 is 10.6 Å². The van der Waals surface area contributed by atoms with Crippen LogP contribution in [0.25, 0.3) is 0 Å². The predicted molar refractivity (Wildman–Crippen MR) is 114 cm³/mol. The highest BCUT2D eigenvalue weighted by Gasteiger charge is 2.36. The van der Waals surface area contributed by atoms with Crippen molar-refractivity contribution in [2.75, 3.05) is 30.0 Å². The molecule has 33 heavy (non-hydrogen) atoms. The Bertz CT molecular complexity index is 1150. The molecule has 2 amide bonds. The van der Waals surface area contributed by atoms with E-state index in [0.29, 0.717) is 18.9 Å². The van der Waals surface area contributed by atoms with Gasteiger partial charge in [-0.25, -0.2) is 17.1 Å². The van der Waals surface area contributed by atoms with Gasteiger partial charge in [0.2, 0.25) is 15.9 Å². The first-order chi connectivity index (χ1) is 15.3. The van der Waals surface area contributed by atoms with Crippen LogP contribution in [-0.4, -0.2) is 43.9 Å². The van der Waals surface area contributed by atoms with Crippen molar-refractivity contribution in [3.63, 3.8) is 0 Å². The zero-order valence-electron chi connectivity index (χ0n) is 17.4. The zero-order valence-corrected chi connectivity index (χ0v) is 18.3. The van der Waals surface area contributed by atoms with E-state index in [1.807, 2.05) is 0 Å². The zero-order chi connectivity index (χ0) is 24.4. The van der Waals surface area contributed by atoms with Gasteiger partial charge in [-0.1, -0.05) is 0 Å². The number of carbonyl (C=O) groups excluding carboxylic acids is 2. The molecule has 1 fully saturated rings. The minimum atomic E-state index is -4.84. The van der Waals surface area contributed by atoms with Crippen LogP contribution in [0.4, 0.5) is 28.9 Å². The maximum absolute atomic E-state index is 13.7. The van der Waals surface area contributed by atoms with Crippen LogP contribution in [0.15, 0.2) is 42.5 Å². The molecule has 0 aliphatic carbocycles. The quantitative estimate of drug-likeness (QED) is 0.629. The van der Waals surface area contributed by atoms with Crippen molar-refractivity contribution in [3.8, 4) is 0 Å². The van der Waals surface area contributed by atoms with Crippen LogP contribution in [-0.2, 0) is 21.0 Å². The molecule has 1 saturated heterocycles. The Kier molecular flexibility index (Phi) is 7.08. The van der Waals surface area contributed by atoms with E-state index < -0.39 is 51.0 Å². The Hall–Kier alpha value is -2.99. The van der Waals surface area contributed by atoms with E-state index in [4.69, 9.17) is 0 Å². The fourth-order valence-electron chi connectivity index (χ4n) is 3.46. The van der Waals surface area contributed by atoms with Gasteiger partial charge in [-0.2, -0.15) is 13.2 Å². The lowest BCUT2D eigenvalue weighted by Gasteiger charge is -2.30. The molecule has 1 aliphatic heterocycles. The number of carbonyl (C=O) groups is 2. The summed E-state index contributed by atoms with van der Waals surface area (Å²) in [5, 5.41) is 4.55. The molecule has 2 aromatic rings. The average molecular weight is 487 g/mol. The third kappa shape index (κ3) is 6.29. The molecule has 1 aliphatic rings. The highest BCUT2D eigenvalue weighted by atomic mass is 32.2. The lowest BCUT2D eigenvalue weighted by molar-refractivity contribution is -0.137. The first-order valence-electron chi connectivity index (χ1n) is 9.89. The lowest BCUT2D eigenvalue weighted by atomic mass is 9.98. The number of nitrogens with one attached hydrogen (secondary N) is 2. The van der Waals surface area contributed by atoms with Crippen molar-refractivity contribution in [2.24, 2.45) is 5.92 Å². The summed E-state index contributed by atoms with van der Waals surface area (Å²) in [6.45, 7) is 0.136. The van der Waals surface area contributed by atoms with Crippen LogP contribution >= 0.6 is 0 Å². The third-order valence-electron chi connectivity index (χ3n) is 5.17. The minimum Gasteiger partial charge on any atom is -0.325 e. The molecule has 0 spiro atoms. The van der Waals surface area contributed by atoms with Crippen LogP contribution in [0.2, 0.25) is 0 Å². The van der Waals surface area contributed by atoms with E-state index in [2.05, 4.69) is 10.6 Å². The maximum atomic E-state index is 13.7. The molecule has 2 aromatic carbocycles. The number of amides is 2. The van der Waals surface area contributed by atoms with Gasteiger partial charge in [0.25, 0.3) is 5.91 Å². The number of hydrogen-bond donors (Lipinski definition) is 2. The van der Waals surface area contributed by atoms with Gasteiger partial charge in [0, 0.05) is 24.3 Å². The first-order valence-corrected chi connectivity index (χ1v) is 11.7. The summed E-state index contributed by atoms with van der Waals surface area (Å²) in [4.78, 5) is 24.8. The van der Waals surface area contributed by atoms with E-state index in [1.54, 1.807) is 0 Å². The second-order valence-electron chi connectivity index (χ2n) is 7.67.